The Kier molecular flexibility index (Phi) is 5.11. The predicted molar refractivity (Wildman–Crippen MR) is 76.9 cm³/mol. The predicted octanol–water partition coefficient (Wildman–Crippen LogP) is 1.07. The highest BCUT2D eigenvalue weighted by Gasteiger charge is 2.04. The van der Waals surface area contributed by atoms with Crippen molar-refractivity contribution in [3.63, 3.8) is 0 Å². The van der Waals surface area contributed by atoms with Crippen LogP contribution in [0.2, 0.25) is 0 Å². The van der Waals surface area contributed by atoms with Gasteiger partial charge in [0.2, 0.25) is 11.9 Å². The molecule has 6 nitrogen and oxygen atoms in total. The molecule has 0 saturated carbocycles. The second-order valence-electron chi connectivity index (χ2n) is 4.58. The standard InChI is InChI=1S/C14H19N5O/c15-14-17-12(18-19-14)8-9-13(20)16-10-4-7-11-5-2-1-3-6-11/h1-3,5-6H,4,7-10H2,(H,16,20)(H3,15,17,18,19). The number of aromatic nitrogens is 3. The zero-order chi connectivity index (χ0) is 14.2. The molecule has 0 saturated heterocycles. The summed E-state index contributed by atoms with van der Waals surface area (Å²) in [6, 6.07) is 10.2. The third-order valence-corrected chi connectivity index (χ3v) is 2.95. The molecule has 6 heteroatoms. The molecule has 4 N–H and O–H groups in total. The van der Waals surface area contributed by atoms with Gasteiger partial charge in [0.15, 0.2) is 0 Å². The highest BCUT2D eigenvalue weighted by molar-refractivity contribution is 5.75. The summed E-state index contributed by atoms with van der Waals surface area (Å²) in [7, 11) is 0. The highest BCUT2D eigenvalue weighted by Crippen LogP contribution is 2.02. The van der Waals surface area contributed by atoms with E-state index in [0.717, 1.165) is 12.8 Å². The number of hydrogen-bond donors (Lipinski definition) is 3. The Morgan fingerprint density at radius 1 is 1.25 bits per heavy atom. The van der Waals surface area contributed by atoms with E-state index in [0.29, 0.717) is 25.2 Å². The van der Waals surface area contributed by atoms with Crippen LogP contribution in [0.3, 0.4) is 0 Å². The summed E-state index contributed by atoms with van der Waals surface area (Å²) in [6.07, 6.45) is 2.82. The lowest BCUT2D eigenvalue weighted by Crippen LogP contribution is -2.25. The van der Waals surface area contributed by atoms with E-state index in [1.807, 2.05) is 18.2 Å². The van der Waals surface area contributed by atoms with Gasteiger partial charge in [0.1, 0.15) is 5.82 Å². The normalized spacial score (nSPS) is 10.4. The molecule has 1 aromatic heterocycles. The lowest BCUT2D eigenvalue weighted by molar-refractivity contribution is -0.121. The quantitative estimate of drug-likeness (QED) is 0.657. The van der Waals surface area contributed by atoms with Gasteiger partial charge in [-0.15, -0.1) is 5.10 Å². The highest BCUT2D eigenvalue weighted by atomic mass is 16.1. The number of H-pyrrole nitrogens is 1. The number of hydrogen-bond acceptors (Lipinski definition) is 4. The van der Waals surface area contributed by atoms with E-state index in [1.54, 1.807) is 0 Å². The maximum Gasteiger partial charge on any atom is 0.239 e. The lowest BCUT2D eigenvalue weighted by atomic mass is 10.1. The molecule has 1 aromatic carbocycles. The number of nitrogens with two attached hydrogens (primary N) is 1. The number of aromatic amines is 1. The fourth-order valence-corrected chi connectivity index (χ4v) is 1.91. The van der Waals surface area contributed by atoms with Crippen LogP contribution in [0.25, 0.3) is 0 Å². The molecule has 2 aromatic rings. The molecule has 2 rings (SSSR count). The van der Waals surface area contributed by atoms with Crippen molar-refractivity contribution in [3.05, 3.63) is 41.7 Å². The fraction of sp³-hybridized carbons (Fsp3) is 0.357. The van der Waals surface area contributed by atoms with Crippen LogP contribution in [0.5, 0.6) is 0 Å². The van der Waals surface area contributed by atoms with E-state index < -0.39 is 0 Å². The maximum absolute atomic E-state index is 11.6. The molecule has 0 spiro atoms. The van der Waals surface area contributed by atoms with Crippen LogP contribution in [-0.4, -0.2) is 27.6 Å². The summed E-state index contributed by atoms with van der Waals surface area (Å²) in [5.74, 6) is 0.873. The Labute approximate surface area is 117 Å². The van der Waals surface area contributed by atoms with Gasteiger partial charge in [0.05, 0.1) is 0 Å². The molecule has 0 aliphatic carbocycles. The van der Waals surface area contributed by atoms with Crippen molar-refractivity contribution in [1.82, 2.24) is 20.5 Å². The van der Waals surface area contributed by atoms with E-state index in [1.165, 1.54) is 5.56 Å². The summed E-state index contributed by atoms with van der Waals surface area (Å²) >= 11 is 0. The Morgan fingerprint density at radius 2 is 2.05 bits per heavy atom. The van der Waals surface area contributed by atoms with Crippen molar-refractivity contribution in [2.75, 3.05) is 12.3 Å². The Bertz CT molecular complexity index is 538. The molecule has 0 fully saturated rings. The summed E-state index contributed by atoms with van der Waals surface area (Å²) in [5.41, 5.74) is 6.68. The minimum absolute atomic E-state index is 0.0213. The number of nitrogen functional groups attached to an aromatic ring is 1. The van der Waals surface area contributed by atoms with Crippen LogP contribution < -0.4 is 11.1 Å². The third kappa shape index (κ3) is 4.72. The van der Waals surface area contributed by atoms with Gasteiger partial charge in [-0.1, -0.05) is 30.3 Å². The molecule has 0 aliphatic heterocycles. The molecule has 1 amide bonds. The number of nitrogens with one attached hydrogen (secondary N) is 2. The number of rotatable bonds is 7. The first-order chi connectivity index (χ1) is 9.74. The van der Waals surface area contributed by atoms with Gasteiger partial charge >= 0.3 is 0 Å². The Hall–Kier alpha value is -2.37. The van der Waals surface area contributed by atoms with Crippen molar-refractivity contribution < 1.29 is 4.79 Å². The molecular formula is C14H19N5O. The number of nitrogens with zero attached hydrogens (tertiary/aromatic N) is 2. The number of amides is 1. The van der Waals surface area contributed by atoms with E-state index in [9.17, 15) is 4.79 Å². The minimum Gasteiger partial charge on any atom is -0.367 e. The molecule has 1 heterocycles. The van der Waals surface area contributed by atoms with Gasteiger partial charge < -0.3 is 11.1 Å². The molecule has 0 unspecified atom stereocenters. The SMILES string of the molecule is Nc1n[nH]c(CCC(=O)NCCCc2ccccc2)n1. The number of benzene rings is 1. The van der Waals surface area contributed by atoms with Gasteiger partial charge in [0.25, 0.3) is 0 Å². The van der Waals surface area contributed by atoms with E-state index in [4.69, 9.17) is 5.73 Å². The second kappa shape index (κ2) is 7.28. The minimum atomic E-state index is 0.0213. The zero-order valence-corrected chi connectivity index (χ0v) is 11.3. The van der Waals surface area contributed by atoms with Crippen molar-refractivity contribution >= 4 is 11.9 Å². The van der Waals surface area contributed by atoms with Crippen LogP contribution in [0.1, 0.15) is 24.2 Å². The van der Waals surface area contributed by atoms with Gasteiger partial charge in [-0.3, -0.25) is 9.89 Å². The van der Waals surface area contributed by atoms with Crippen molar-refractivity contribution in [2.24, 2.45) is 0 Å². The molecule has 0 atom stereocenters. The second-order valence-corrected chi connectivity index (χ2v) is 4.58. The Balaban J connectivity index is 1.58. The first kappa shape index (κ1) is 14.0. The van der Waals surface area contributed by atoms with Crippen LogP contribution in [0.15, 0.2) is 30.3 Å². The average molecular weight is 273 g/mol. The summed E-state index contributed by atoms with van der Waals surface area (Å²) in [5, 5.41) is 9.29. The van der Waals surface area contributed by atoms with Crippen molar-refractivity contribution in [2.45, 2.75) is 25.7 Å². The van der Waals surface area contributed by atoms with Gasteiger partial charge in [-0.2, -0.15) is 4.98 Å². The maximum atomic E-state index is 11.6. The van der Waals surface area contributed by atoms with E-state index in [2.05, 4.69) is 32.6 Å². The topological polar surface area (TPSA) is 96.7 Å². The summed E-state index contributed by atoms with van der Waals surface area (Å²) in [6.45, 7) is 0.687. The summed E-state index contributed by atoms with van der Waals surface area (Å²) < 4.78 is 0. The largest absolute Gasteiger partial charge is 0.367 e. The average Bonchev–Trinajstić information content (AvgIpc) is 2.88. The van der Waals surface area contributed by atoms with Crippen LogP contribution in [0, 0.1) is 0 Å². The van der Waals surface area contributed by atoms with Crippen LogP contribution in [0.4, 0.5) is 5.95 Å². The lowest BCUT2D eigenvalue weighted by Gasteiger charge is -2.04. The van der Waals surface area contributed by atoms with Crippen molar-refractivity contribution in [3.8, 4) is 0 Å². The first-order valence-corrected chi connectivity index (χ1v) is 6.71. The van der Waals surface area contributed by atoms with Gasteiger partial charge in [-0.25, -0.2) is 0 Å². The zero-order valence-electron chi connectivity index (χ0n) is 11.3. The Morgan fingerprint density at radius 3 is 2.75 bits per heavy atom. The summed E-state index contributed by atoms with van der Waals surface area (Å²) in [4.78, 5) is 15.6. The van der Waals surface area contributed by atoms with Crippen LogP contribution in [-0.2, 0) is 17.6 Å². The molecular weight excluding hydrogens is 254 g/mol. The van der Waals surface area contributed by atoms with E-state index >= 15 is 0 Å². The number of aryl methyl sites for hydroxylation is 2. The number of carbonyl (C=O) groups excluding carboxylic acids is 1. The molecule has 20 heavy (non-hydrogen) atoms. The molecule has 0 aliphatic rings. The molecule has 0 radical (unpaired) electrons. The monoisotopic (exact) mass is 273 g/mol. The van der Waals surface area contributed by atoms with Crippen molar-refractivity contribution in [1.29, 1.82) is 0 Å². The van der Waals surface area contributed by atoms with Gasteiger partial charge in [0, 0.05) is 19.4 Å². The number of carbonyl (C=O) groups is 1. The molecule has 106 valence electrons. The fourth-order valence-electron chi connectivity index (χ4n) is 1.91. The first-order valence-electron chi connectivity index (χ1n) is 6.71. The number of anilines is 1. The van der Waals surface area contributed by atoms with Gasteiger partial charge in [-0.05, 0) is 18.4 Å². The third-order valence-electron chi connectivity index (χ3n) is 2.95. The smallest absolute Gasteiger partial charge is 0.239 e. The van der Waals surface area contributed by atoms with E-state index in [-0.39, 0.29) is 11.9 Å². The molecule has 0 bridgehead atoms. The van der Waals surface area contributed by atoms with Crippen LogP contribution >= 0.6 is 0 Å².